The minimum atomic E-state index is -1.40. The molecule has 6 nitrogen and oxygen atoms in total. The Morgan fingerprint density at radius 3 is 2.73 bits per heavy atom. The SMILES string of the molecule is Cc1cc(Cl)nc([S@](=O)[C@H]2CCN(C(=O)OC(C)(C)C)C2)n1. The normalized spacial score (nSPS) is 20.0. The van der Waals surface area contributed by atoms with Crippen LogP contribution in [0.2, 0.25) is 5.15 Å². The highest BCUT2D eigenvalue weighted by Crippen LogP contribution is 2.21. The number of nitrogens with zero attached hydrogens (tertiary/aromatic N) is 3. The van der Waals surface area contributed by atoms with Crippen LogP contribution in [0.25, 0.3) is 0 Å². The lowest BCUT2D eigenvalue weighted by Crippen LogP contribution is -2.36. The molecule has 0 saturated carbocycles. The highest BCUT2D eigenvalue weighted by atomic mass is 35.5. The number of halogens is 1. The van der Waals surface area contributed by atoms with E-state index in [0.717, 1.165) is 0 Å². The van der Waals surface area contributed by atoms with Gasteiger partial charge in [-0.25, -0.2) is 14.8 Å². The molecule has 0 unspecified atom stereocenters. The summed E-state index contributed by atoms with van der Waals surface area (Å²) in [5.74, 6) is 0. The van der Waals surface area contributed by atoms with E-state index in [-0.39, 0.29) is 21.7 Å². The number of hydrogen-bond donors (Lipinski definition) is 0. The van der Waals surface area contributed by atoms with Gasteiger partial charge in [0.25, 0.3) is 0 Å². The molecule has 1 aromatic heterocycles. The van der Waals surface area contributed by atoms with Gasteiger partial charge in [-0.15, -0.1) is 0 Å². The molecule has 8 heteroatoms. The smallest absolute Gasteiger partial charge is 0.410 e. The number of amides is 1. The number of aryl methyl sites for hydroxylation is 1. The Morgan fingerprint density at radius 2 is 2.14 bits per heavy atom. The molecule has 0 N–H and O–H groups in total. The van der Waals surface area contributed by atoms with Crippen LogP contribution in [0.5, 0.6) is 0 Å². The Balaban J connectivity index is 2.03. The van der Waals surface area contributed by atoms with Crippen molar-refractivity contribution in [2.75, 3.05) is 13.1 Å². The topological polar surface area (TPSA) is 72.4 Å². The number of carbonyl (C=O) groups excluding carboxylic acids is 1. The van der Waals surface area contributed by atoms with Gasteiger partial charge < -0.3 is 9.64 Å². The van der Waals surface area contributed by atoms with Crippen molar-refractivity contribution >= 4 is 28.5 Å². The summed E-state index contributed by atoms with van der Waals surface area (Å²) in [5, 5.41) is 0.296. The second-order valence-corrected chi connectivity index (χ2v) is 8.26. The number of likely N-dealkylation sites (tertiary alicyclic amines) is 1. The summed E-state index contributed by atoms with van der Waals surface area (Å²) >= 11 is 5.88. The predicted molar refractivity (Wildman–Crippen MR) is 84.4 cm³/mol. The largest absolute Gasteiger partial charge is 0.444 e. The van der Waals surface area contributed by atoms with Crippen LogP contribution in [0.3, 0.4) is 0 Å². The minimum Gasteiger partial charge on any atom is -0.444 e. The molecule has 2 atom stereocenters. The zero-order valence-electron chi connectivity index (χ0n) is 13.1. The lowest BCUT2D eigenvalue weighted by atomic mass is 10.2. The molecule has 0 bridgehead atoms. The van der Waals surface area contributed by atoms with E-state index in [1.165, 1.54) is 0 Å². The monoisotopic (exact) mass is 345 g/mol. The van der Waals surface area contributed by atoms with Crippen molar-refractivity contribution < 1.29 is 13.7 Å². The van der Waals surface area contributed by atoms with E-state index in [2.05, 4.69) is 9.97 Å². The molecule has 122 valence electrons. The van der Waals surface area contributed by atoms with Crippen LogP contribution in [-0.2, 0) is 15.5 Å². The number of rotatable bonds is 2. The maximum Gasteiger partial charge on any atom is 0.410 e. The first-order valence-electron chi connectivity index (χ1n) is 7.05. The molecule has 1 fully saturated rings. The summed E-state index contributed by atoms with van der Waals surface area (Å²) in [4.78, 5) is 21.8. The highest BCUT2D eigenvalue weighted by Gasteiger charge is 2.34. The van der Waals surface area contributed by atoms with Crippen LogP contribution in [-0.4, -0.2) is 49.1 Å². The van der Waals surface area contributed by atoms with E-state index in [4.69, 9.17) is 16.3 Å². The van der Waals surface area contributed by atoms with Crippen LogP contribution in [0.15, 0.2) is 11.2 Å². The predicted octanol–water partition coefficient (Wildman–Crippen LogP) is 2.56. The third kappa shape index (κ3) is 4.39. The molecule has 0 aliphatic carbocycles. The van der Waals surface area contributed by atoms with Crippen LogP contribution < -0.4 is 0 Å². The summed E-state index contributed by atoms with van der Waals surface area (Å²) < 4.78 is 17.9. The average Bonchev–Trinajstić information content (AvgIpc) is 2.84. The first kappa shape index (κ1) is 17.1. The molecule has 2 rings (SSSR count). The number of carbonyl (C=O) groups is 1. The van der Waals surface area contributed by atoms with Crippen molar-refractivity contribution in [3.63, 3.8) is 0 Å². The molecule has 1 aliphatic heterocycles. The van der Waals surface area contributed by atoms with Crippen molar-refractivity contribution in [3.8, 4) is 0 Å². The van der Waals surface area contributed by atoms with E-state index in [9.17, 15) is 9.00 Å². The second kappa shape index (κ2) is 6.50. The first-order valence-corrected chi connectivity index (χ1v) is 8.64. The van der Waals surface area contributed by atoms with E-state index < -0.39 is 16.4 Å². The Kier molecular flexibility index (Phi) is 5.07. The molecule has 1 aliphatic rings. The fourth-order valence-corrected chi connectivity index (χ4v) is 3.78. The molecule has 1 saturated heterocycles. The van der Waals surface area contributed by atoms with Crippen molar-refractivity contribution in [2.24, 2.45) is 0 Å². The number of ether oxygens (including phenoxy) is 1. The lowest BCUT2D eigenvalue weighted by Gasteiger charge is -2.24. The summed E-state index contributed by atoms with van der Waals surface area (Å²) in [5.41, 5.74) is 0.131. The Bertz CT molecular complexity index is 583. The fourth-order valence-electron chi connectivity index (χ4n) is 2.14. The van der Waals surface area contributed by atoms with Crippen molar-refractivity contribution in [1.82, 2.24) is 14.9 Å². The summed E-state index contributed by atoms with van der Waals surface area (Å²) in [6.45, 7) is 8.12. The van der Waals surface area contributed by atoms with Gasteiger partial charge >= 0.3 is 6.09 Å². The Hall–Kier alpha value is -1.21. The average molecular weight is 346 g/mol. The van der Waals surface area contributed by atoms with E-state index in [1.54, 1.807) is 17.9 Å². The third-order valence-corrected chi connectivity index (χ3v) is 4.81. The van der Waals surface area contributed by atoms with Crippen LogP contribution in [0, 0.1) is 6.92 Å². The highest BCUT2D eigenvalue weighted by molar-refractivity contribution is 7.85. The van der Waals surface area contributed by atoms with Gasteiger partial charge in [0.1, 0.15) is 10.8 Å². The van der Waals surface area contributed by atoms with Gasteiger partial charge in [0.15, 0.2) is 0 Å². The quantitative estimate of drug-likeness (QED) is 0.608. The van der Waals surface area contributed by atoms with Gasteiger partial charge in [-0.1, -0.05) is 11.6 Å². The van der Waals surface area contributed by atoms with Gasteiger partial charge in [-0.3, -0.25) is 4.21 Å². The van der Waals surface area contributed by atoms with E-state index in [1.807, 2.05) is 20.8 Å². The maximum absolute atomic E-state index is 12.6. The molecule has 22 heavy (non-hydrogen) atoms. The summed E-state index contributed by atoms with van der Waals surface area (Å²) in [6, 6.07) is 1.61. The lowest BCUT2D eigenvalue weighted by molar-refractivity contribution is 0.0295. The molecular formula is C14H20ClN3O3S. The van der Waals surface area contributed by atoms with Gasteiger partial charge in [0, 0.05) is 18.8 Å². The number of aromatic nitrogens is 2. The minimum absolute atomic E-state index is 0.203. The van der Waals surface area contributed by atoms with Gasteiger partial charge in [-0.2, -0.15) is 0 Å². The van der Waals surface area contributed by atoms with Gasteiger partial charge in [0.2, 0.25) is 5.16 Å². The van der Waals surface area contributed by atoms with Crippen LogP contribution in [0.1, 0.15) is 32.9 Å². The number of hydrogen-bond acceptors (Lipinski definition) is 5. The van der Waals surface area contributed by atoms with Crippen LogP contribution >= 0.6 is 11.6 Å². The molecule has 1 aromatic rings. The molecule has 0 spiro atoms. The van der Waals surface area contributed by atoms with Crippen molar-refractivity contribution in [1.29, 1.82) is 0 Å². The van der Waals surface area contributed by atoms with E-state index >= 15 is 0 Å². The second-order valence-electron chi connectivity index (χ2n) is 6.25. The molecule has 0 aromatic carbocycles. The summed E-state index contributed by atoms with van der Waals surface area (Å²) in [6.07, 6.45) is 0.246. The Labute approximate surface area is 137 Å². The molecular weight excluding hydrogens is 326 g/mol. The van der Waals surface area contributed by atoms with Gasteiger partial charge in [-0.05, 0) is 40.2 Å². The first-order chi connectivity index (χ1) is 10.2. The van der Waals surface area contributed by atoms with Gasteiger partial charge in [0.05, 0.1) is 16.0 Å². The standard InChI is InChI=1S/C14H20ClN3O3S/c1-9-7-11(15)17-12(16-9)22(20)10-5-6-18(8-10)13(19)21-14(2,3)4/h7,10H,5-6,8H2,1-4H3/t10-,22+/m0/s1. The molecule has 0 radical (unpaired) electrons. The van der Waals surface area contributed by atoms with Crippen LogP contribution in [0.4, 0.5) is 4.79 Å². The zero-order chi connectivity index (χ0) is 16.5. The zero-order valence-corrected chi connectivity index (χ0v) is 14.7. The fraction of sp³-hybridized carbons (Fsp3) is 0.643. The van der Waals surface area contributed by atoms with E-state index in [0.29, 0.717) is 25.2 Å². The maximum atomic E-state index is 12.6. The Morgan fingerprint density at radius 1 is 1.45 bits per heavy atom. The van der Waals surface area contributed by atoms with Crippen molar-refractivity contribution in [3.05, 3.63) is 16.9 Å². The summed E-state index contributed by atoms with van der Waals surface area (Å²) in [7, 11) is -1.40. The van der Waals surface area contributed by atoms with Crippen molar-refractivity contribution in [2.45, 2.75) is 50.1 Å². The molecule has 1 amide bonds. The molecule has 2 heterocycles. The third-order valence-electron chi connectivity index (χ3n) is 3.08.